The van der Waals surface area contributed by atoms with Crippen LogP contribution in [0.4, 0.5) is 4.79 Å². The summed E-state index contributed by atoms with van der Waals surface area (Å²) < 4.78 is 0. The largest absolute Gasteiger partial charge is 0.465 e. The highest BCUT2D eigenvalue weighted by atomic mass is 16.4. The average Bonchev–Trinajstić information content (AvgIpc) is 3.42. The van der Waals surface area contributed by atoms with Crippen LogP contribution in [0.15, 0.2) is 24.3 Å². The van der Waals surface area contributed by atoms with Crippen LogP contribution in [0.25, 0.3) is 0 Å². The van der Waals surface area contributed by atoms with Crippen LogP contribution >= 0.6 is 0 Å². The molecular weight excluding hydrogens is 372 g/mol. The number of likely N-dealkylation sites (tertiary alicyclic amines) is 2. The van der Waals surface area contributed by atoms with E-state index in [1.165, 1.54) is 45.1 Å². The number of carboxylic acid groups (broad SMARTS) is 1. The van der Waals surface area contributed by atoms with Crippen molar-refractivity contribution in [1.29, 1.82) is 0 Å². The predicted octanol–water partition coefficient (Wildman–Crippen LogP) is 6.04. The third-order valence-electron chi connectivity index (χ3n) is 9.00. The molecule has 4 fully saturated rings. The average molecular weight is 411 g/mol. The molecule has 0 radical (unpaired) electrons. The summed E-state index contributed by atoms with van der Waals surface area (Å²) in [6, 6.07) is 9.82. The second-order valence-corrected chi connectivity index (χ2v) is 11.7. The van der Waals surface area contributed by atoms with E-state index < -0.39 is 6.09 Å². The first-order chi connectivity index (χ1) is 14.2. The molecule has 1 aromatic carbocycles. The van der Waals surface area contributed by atoms with Crippen molar-refractivity contribution >= 4 is 6.09 Å². The van der Waals surface area contributed by atoms with Gasteiger partial charge in [-0.3, -0.25) is 4.90 Å². The molecule has 2 saturated heterocycles. The molecule has 2 heterocycles. The highest BCUT2D eigenvalue weighted by molar-refractivity contribution is 5.65. The van der Waals surface area contributed by atoms with Gasteiger partial charge >= 0.3 is 6.09 Å². The quantitative estimate of drug-likeness (QED) is 0.661. The number of rotatable bonds is 3. The fraction of sp³-hybridized carbons (Fsp3) is 0.731. The molecule has 0 aromatic heterocycles. The van der Waals surface area contributed by atoms with E-state index >= 15 is 0 Å². The molecule has 0 unspecified atom stereocenters. The van der Waals surface area contributed by atoms with Crippen molar-refractivity contribution in [3.8, 4) is 0 Å². The van der Waals surface area contributed by atoms with Gasteiger partial charge in [-0.25, -0.2) is 4.79 Å². The number of hydrogen-bond acceptors (Lipinski definition) is 2. The van der Waals surface area contributed by atoms with Crippen LogP contribution in [0.3, 0.4) is 0 Å². The van der Waals surface area contributed by atoms with Crippen LogP contribution in [-0.2, 0) is 0 Å². The Kier molecular flexibility index (Phi) is 4.74. The van der Waals surface area contributed by atoms with Gasteiger partial charge in [0.15, 0.2) is 0 Å². The van der Waals surface area contributed by atoms with E-state index in [4.69, 9.17) is 0 Å². The van der Waals surface area contributed by atoms with E-state index in [0.717, 1.165) is 18.8 Å². The van der Waals surface area contributed by atoms with Crippen molar-refractivity contribution < 1.29 is 9.90 Å². The minimum absolute atomic E-state index is 0.222. The molecule has 4 heteroatoms. The Balaban J connectivity index is 1.41. The van der Waals surface area contributed by atoms with E-state index in [0.29, 0.717) is 24.5 Å². The number of carbonyl (C=O) groups is 1. The lowest BCUT2D eigenvalue weighted by molar-refractivity contribution is -0.168. The van der Waals surface area contributed by atoms with E-state index in [1.54, 1.807) is 16.0 Å². The summed E-state index contributed by atoms with van der Waals surface area (Å²) in [7, 11) is 0. The zero-order chi connectivity index (χ0) is 21.1. The second kappa shape index (κ2) is 6.98. The lowest BCUT2D eigenvalue weighted by atomic mass is 9.46. The second-order valence-electron chi connectivity index (χ2n) is 11.7. The normalized spacial score (nSPS) is 28.5. The maximum Gasteiger partial charge on any atom is 0.407 e. The van der Waals surface area contributed by atoms with Crippen molar-refractivity contribution in [2.24, 2.45) is 10.8 Å². The third kappa shape index (κ3) is 3.18. The Hall–Kier alpha value is -1.55. The van der Waals surface area contributed by atoms with Crippen molar-refractivity contribution in [2.75, 3.05) is 19.6 Å². The Labute approximate surface area is 181 Å². The molecule has 1 spiro atoms. The molecule has 1 amide bonds. The highest BCUT2D eigenvalue weighted by Crippen LogP contribution is 2.65. The van der Waals surface area contributed by atoms with Crippen molar-refractivity contribution in [3.63, 3.8) is 0 Å². The maximum absolute atomic E-state index is 11.4. The summed E-state index contributed by atoms with van der Waals surface area (Å²) in [6.07, 6.45) is 9.08. The molecule has 2 aliphatic heterocycles. The minimum Gasteiger partial charge on any atom is -0.465 e. The first-order valence-electron chi connectivity index (χ1n) is 12.1. The minimum atomic E-state index is -0.748. The van der Waals surface area contributed by atoms with Gasteiger partial charge in [0.25, 0.3) is 0 Å². The van der Waals surface area contributed by atoms with E-state index in [2.05, 4.69) is 49.9 Å². The molecular formula is C26H38N2O2. The first kappa shape index (κ1) is 20.4. The number of amides is 1. The topological polar surface area (TPSA) is 43.8 Å². The summed E-state index contributed by atoms with van der Waals surface area (Å²) in [5, 5.41) is 9.36. The molecule has 0 bridgehead atoms. The molecule has 1 aromatic rings. The molecule has 1 N–H and O–H groups in total. The summed E-state index contributed by atoms with van der Waals surface area (Å²) in [5.74, 6) is 0.794. The third-order valence-corrected chi connectivity index (χ3v) is 9.00. The molecule has 164 valence electrons. The Morgan fingerprint density at radius 1 is 1.00 bits per heavy atom. The Morgan fingerprint density at radius 2 is 1.63 bits per heavy atom. The number of hydrogen-bond donors (Lipinski definition) is 1. The number of nitrogens with zero attached hydrogens (tertiary/aromatic N) is 2. The summed E-state index contributed by atoms with van der Waals surface area (Å²) in [6.45, 7) is 9.95. The van der Waals surface area contributed by atoms with Gasteiger partial charge in [0, 0.05) is 24.7 Å². The molecule has 1 atom stereocenters. The van der Waals surface area contributed by atoms with Crippen LogP contribution in [-0.4, -0.2) is 46.2 Å². The number of piperidine rings is 1. The van der Waals surface area contributed by atoms with Gasteiger partial charge in [-0.05, 0) is 85.8 Å². The molecule has 30 heavy (non-hydrogen) atoms. The SMILES string of the molecule is CC(C)(C)C1(N2CCC[C@H]2c2ccccc2C2CC2)CC2(CCN(C(=O)O)CC2)C1. The molecule has 2 aliphatic carbocycles. The number of benzene rings is 1. The monoisotopic (exact) mass is 410 g/mol. The van der Waals surface area contributed by atoms with Crippen LogP contribution in [0, 0.1) is 10.8 Å². The smallest absolute Gasteiger partial charge is 0.407 e. The van der Waals surface area contributed by atoms with Gasteiger partial charge in [0.1, 0.15) is 0 Å². The summed E-state index contributed by atoms with van der Waals surface area (Å²) in [5.41, 5.74) is 4.02. The maximum atomic E-state index is 11.4. The lowest BCUT2D eigenvalue weighted by Gasteiger charge is -2.68. The van der Waals surface area contributed by atoms with Crippen molar-refractivity contribution in [1.82, 2.24) is 9.80 Å². The molecule has 4 aliphatic rings. The van der Waals surface area contributed by atoms with Gasteiger partial charge in [0.05, 0.1) is 0 Å². The van der Waals surface area contributed by atoms with Gasteiger partial charge in [-0.2, -0.15) is 0 Å². The summed E-state index contributed by atoms with van der Waals surface area (Å²) >= 11 is 0. The van der Waals surface area contributed by atoms with Gasteiger partial charge < -0.3 is 10.0 Å². The predicted molar refractivity (Wildman–Crippen MR) is 120 cm³/mol. The highest BCUT2D eigenvalue weighted by Gasteiger charge is 2.64. The molecule has 2 saturated carbocycles. The van der Waals surface area contributed by atoms with Crippen LogP contribution in [0.2, 0.25) is 0 Å². The van der Waals surface area contributed by atoms with Gasteiger partial charge in [0.2, 0.25) is 0 Å². The van der Waals surface area contributed by atoms with Crippen molar-refractivity contribution in [2.45, 2.75) is 89.6 Å². The van der Waals surface area contributed by atoms with E-state index in [-0.39, 0.29) is 11.0 Å². The summed E-state index contributed by atoms with van der Waals surface area (Å²) in [4.78, 5) is 15.9. The van der Waals surface area contributed by atoms with Crippen molar-refractivity contribution in [3.05, 3.63) is 35.4 Å². The lowest BCUT2D eigenvalue weighted by Crippen LogP contribution is -2.69. The fourth-order valence-corrected chi connectivity index (χ4v) is 7.06. The van der Waals surface area contributed by atoms with Gasteiger partial charge in [-0.1, -0.05) is 45.0 Å². The van der Waals surface area contributed by atoms with Crippen LogP contribution < -0.4 is 0 Å². The van der Waals surface area contributed by atoms with Crippen LogP contribution in [0.5, 0.6) is 0 Å². The van der Waals surface area contributed by atoms with E-state index in [1.807, 2.05) is 0 Å². The first-order valence-corrected chi connectivity index (χ1v) is 12.1. The zero-order valence-electron chi connectivity index (χ0n) is 19.0. The standard InChI is InChI=1S/C26H38N2O2/c1-24(2,3)26(17-25(18-26)12-15-27(16-13-25)23(29)30)28-14-6-9-22(28)21-8-5-4-7-20(21)19-10-11-19/h4-5,7-8,19,22H,6,9-18H2,1-3H3,(H,29,30)/t22-/m0/s1. The van der Waals surface area contributed by atoms with Crippen LogP contribution in [0.1, 0.15) is 95.2 Å². The molecule has 5 rings (SSSR count). The van der Waals surface area contributed by atoms with Gasteiger partial charge in [-0.15, -0.1) is 0 Å². The Morgan fingerprint density at radius 3 is 2.20 bits per heavy atom. The zero-order valence-corrected chi connectivity index (χ0v) is 19.0. The Bertz CT molecular complexity index is 807. The molecule has 4 nitrogen and oxygen atoms in total. The van der Waals surface area contributed by atoms with E-state index in [9.17, 15) is 9.90 Å². The fourth-order valence-electron chi connectivity index (χ4n) is 7.06.